The van der Waals surface area contributed by atoms with Crippen molar-refractivity contribution >= 4 is 23.9 Å². The van der Waals surface area contributed by atoms with Gasteiger partial charge in [0.2, 0.25) is 0 Å². The summed E-state index contributed by atoms with van der Waals surface area (Å²) in [6.07, 6.45) is 0. The van der Waals surface area contributed by atoms with E-state index < -0.39 is 29.3 Å². The number of carbonyl (C=O) groups is 4. The van der Waals surface area contributed by atoms with E-state index in [1.165, 1.54) is 48.5 Å². The highest BCUT2D eigenvalue weighted by molar-refractivity contribution is 5.96. The molecular weight excluding hydrogens is 500 g/mol. The van der Waals surface area contributed by atoms with Gasteiger partial charge in [-0.2, -0.15) is 0 Å². The highest BCUT2D eigenvalue weighted by Crippen LogP contribution is 2.33. The van der Waals surface area contributed by atoms with E-state index in [0.29, 0.717) is 11.5 Å². The zero-order valence-corrected chi connectivity index (χ0v) is 21.1. The number of hydrogen-bond acceptors (Lipinski definition) is 6. The normalized spacial score (nSPS) is 10.9. The second kappa shape index (κ2) is 11.0. The molecule has 0 bridgehead atoms. The minimum absolute atomic E-state index is 0.00489. The molecule has 8 heteroatoms. The van der Waals surface area contributed by atoms with Crippen molar-refractivity contribution in [2.24, 2.45) is 0 Å². The van der Waals surface area contributed by atoms with Gasteiger partial charge in [-0.3, -0.25) is 0 Å². The lowest BCUT2D eigenvalue weighted by Gasteiger charge is -2.26. The third-order valence-electron chi connectivity index (χ3n) is 6.26. The van der Waals surface area contributed by atoms with Gasteiger partial charge in [0.15, 0.2) is 0 Å². The fourth-order valence-electron chi connectivity index (χ4n) is 3.94. The summed E-state index contributed by atoms with van der Waals surface area (Å²) in [7, 11) is 0. The van der Waals surface area contributed by atoms with E-state index in [1.807, 2.05) is 38.1 Å². The van der Waals surface area contributed by atoms with E-state index in [9.17, 15) is 19.2 Å². The number of rotatable bonds is 8. The van der Waals surface area contributed by atoms with Crippen molar-refractivity contribution in [3.63, 3.8) is 0 Å². The second-order valence-corrected chi connectivity index (χ2v) is 9.22. The molecule has 4 aromatic rings. The second-order valence-electron chi connectivity index (χ2n) is 9.22. The Morgan fingerprint density at radius 2 is 0.872 bits per heavy atom. The molecule has 0 spiro atoms. The Kier molecular flexibility index (Phi) is 7.58. The molecule has 0 unspecified atom stereocenters. The number of carbonyl (C=O) groups excluding carboxylic acids is 2. The number of ether oxygens (including phenoxy) is 2. The average Bonchev–Trinajstić information content (AvgIpc) is 2.93. The minimum Gasteiger partial charge on any atom is -0.478 e. The van der Waals surface area contributed by atoms with Crippen LogP contribution in [0.3, 0.4) is 0 Å². The van der Waals surface area contributed by atoms with Crippen molar-refractivity contribution in [2.75, 3.05) is 0 Å². The maximum absolute atomic E-state index is 12.5. The predicted molar refractivity (Wildman–Crippen MR) is 142 cm³/mol. The Balaban J connectivity index is 1.43. The largest absolute Gasteiger partial charge is 0.478 e. The van der Waals surface area contributed by atoms with E-state index in [4.69, 9.17) is 19.7 Å². The third kappa shape index (κ3) is 6.19. The molecule has 0 heterocycles. The van der Waals surface area contributed by atoms with Crippen LogP contribution in [0, 0.1) is 0 Å². The topological polar surface area (TPSA) is 127 Å². The minimum atomic E-state index is -1.13. The van der Waals surface area contributed by atoms with Crippen LogP contribution in [-0.2, 0) is 5.41 Å². The summed E-state index contributed by atoms with van der Waals surface area (Å²) in [6.45, 7) is 4.04. The molecule has 4 aromatic carbocycles. The van der Waals surface area contributed by atoms with Gasteiger partial charge >= 0.3 is 23.9 Å². The molecule has 4 rings (SSSR count). The van der Waals surface area contributed by atoms with Crippen LogP contribution in [-0.4, -0.2) is 34.1 Å². The van der Waals surface area contributed by atoms with Crippen molar-refractivity contribution in [3.05, 3.63) is 130 Å². The van der Waals surface area contributed by atoms with Gasteiger partial charge < -0.3 is 19.7 Å². The molecule has 0 amide bonds. The van der Waals surface area contributed by atoms with Crippen molar-refractivity contribution in [1.82, 2.24) is 0 Å². The van der Waals surface area contributed by atoms with Crippen LogP contribution in [0.4, 0.5) is 0 Å². The van der Waals surface area contributed by atoms with Crippen molar-refractivity contribution in [3.8, 4) is 11.5 Å². The van der Waals surface area contributed by atoms with E-state index in [1.54, 1.807) is 24.3 Å². The zero-order chi connectivity index (χ0) is 28.2. The van der Waals surface area contributed by atoms with Crippen LogP contribution in [0.15, 0.2) is 97.1 Å². The molecule has 0 aliphatic heterocycles. The predicted octanol–water partition coefficient (Wildman–Crippen LogP) is 5.85. The Bertz CT molecular complexity index is 1430. The van der Waals surface area contributed by atoms with Crippen LogP contribution >= 0.6 is 0 Å². The van der Waals surface area contributed by atoms with Gasteiger partial charge in [-0.05, 0) is 71.8 Å². The molecule has 8 nitrogen and oxygen atoms in total. The molecule has 0 atom stereocenters. The van der Waals surface area contributed by atoms with E-state index in [2.05, 4.69) is 0 Å². The Labute approximate surface area is 224 Å². The van der Waals surface area contributed by atoms with Crippen LogP contribution in [0.2, 0.25) is 0 Å². The first-order valence-electron chi connectivity index (χ1n) is 11.9. The first-order chi connectivity index (χ1) is 18.5. The maximum atomic E-state index is 12.5. The number of benzene rings is 4. The summed E-state index contributed by atoms with van der Waals surface area (Å²) in [4.78, 5) is 47.2. The summed E-state index contributed by atoms with van der Waals surface area (Å²) >= 11 is 0. The van der Waals surface area contributed by atoms with Gasteiger partial charge in [-0.15, -0.1) is 0 Å². The first kappa shape index (κ1) is 26.8. The van der Waals surface area contributed by atoms with Gasteiger partial charge in [0.05, 0.1) is 22.3 Å². The zero-order valence-electron chi connectivity index (χ0n) is 21.1. The van der Waals surface area contributed by atoms with Gasteiger partial charge in [0, 0.05) is 5.41 Å². The quantitative estimate of drug-likeness (QED) is 0.217. The lowest BCUT2D eigenvalue weighted by molar-refractivity contribution is 0.0684. The summed E-state index contributed by atoms with van der Waals surface area (Å²) in [5.41, 5.74) is 1.68. The van der Waals surface area contributed by atoms with Crippen molar-refractivity contribution in [1.29, 1.82) is 0 Å². The molecule has 39 heavy (non-hydrogen) atoms. The smallest absolute Gasteiger partial charge is 0.343 e. The monoisotopic (exact) mass is 524 g/mol. The fourth-order valence-corrected chi connectivity index (χ4v) is 3.94. The first-order valence-corrected chi connectivity index (χ1v) is 11.9. The lowest BCUT2D eigenvalue weighted by atomic mass is 9.78. The highest BCUT2D eigenvalue weighted by atomic mass is 16.5. The number of carboxylic acids is 2. The van der Waals surface area contributed by atoms with E-state index in [0.717, 1.165) is 11.1 Å². The molecule has 196 valence electrons. The standard InChI is InChI=1S/C31H24O8/c1-31(2,23-9-13-25(14-10-23)38-29(36)21-7-3-5-19(17-21)27(32)33)24-11-15-26(16-12-24)39-30(37)22-8-4-6-20(18-22)28(34)35/h3-18H,1-2H3,(H,32,33)(H,34,35). The van der Waals surface area contributed by atoms with Crippen LogP contribution < -0.4 is 9.47 Å². The van der Waals surface area contributed by atoms with Gasteiger partial charge in [-0.1, -0.05) is 50.2 Å². The summed E-state index contributed by atoms with van der Waals surface area (Å²) in [5.74, 6) is -2.96. The summed E-state index contributed by atoms with van der Waals surface area (Å²) < 4.78 is 10.8. The van der Waals surface area contributed by atoms with E-state index >= 15 is 0 Å². The summed E-state index contributed by atoms with van der Waals surface area (Å²) in [6, 6.07) is 25.2. The molecule has 0 fully saturated rings. The summed E-state index contributed by atoms with van der Waals surface area (Å²) in [5, 5.41) is 18.2. The fraction of sp³-hybridized carbons (Fsp3) is 0.0968. The molecule has 0 saturated heterocycles. The number of carboxylic acid groups (broad SMARTS) is 2. The number of hydrogen-bond donors (Lipinski definition) is 2. The SMILES string of the molecule is CC(C)(c1ccc(OC(=O)c2cccc(C(=O)O)c2)cc1)c1ccc(OC(=O)c2cccc(C(=O)O)c2)cc1. The third-order valence-corrected chi connectivity index (χ3v) is 6.26. The molecule has 0 aromatic heterocycles. The molecule has 0 radical (unpaired) electrons. The number of aromatic carboxylic acids is 2. The molecule has 2 N–H and O–H groups in total. The van der Waals surface area contributed by atoms with E-state index in [-0.39, 0.29) is 22.3 Å². The highest BCUT2D eigenvalue weighted by Gasteiger charge is 2.24. The van der Waals surface area contributed by atoms with Crippen LogP contribution in [0.25, 0.3) is 0 Å². The Hall–Kier alpha value is -5.24. The number of esters is 2. The Morgan fingerprint density at radius 3 is 1.21 bits per heavy atom. The maximum Gasteiger partial charge on any atom is 0.343 e. The van der Waals surface area contributed by atoms with Gasteiger partial charge in [-0.25, -0.2) is 19.2 Å². The molecule has 0 aliphatic carbocycles. The average molecular weight is 525 g/mol. The van der Waals surface area contributed by atoms with Crippen LogP contribution in [0.5, 0.6) is 11.5 Å². The lowest BCUT2D eigenvalue weighted by Crippen LogP contribution is -2.19. The van der Waals surface area contributed by atoms with Crippen molar-refractivity contribution in [2.45, 2.75) is 19.3 Å². The van der Waals surface area contributed by atoms with Gasteiger partial charge in [0.25, 0.3) is 0 Å². The van der Waals surface area contributed by atoms with Gasteiger partial charge in [0.1, 0.15) is 11.5 Å². The Morgan fingerprint density at radius 1 is 0.538 bits per heavy atom. The van der Waals surface area contributed by atoms with Crippen molar-refractivity contribution < 1.29 is 38.9 Å². The molecule has 0 saturated carbocycles. The van der Waals surface area contributed by atoms with Crippen LogP contribution in [0.1, 0.15) is 66.4 Å². The molecular formula is C31H24O8. The molecule has 0 aliphatic rings.